The molecule has 0 fully saturated rings. The first kappa shape index (κ1) is 11.4. The van der Waals surface area contributed by atoms with Gasteiger partial charge in [-0.05, 0) is 40.3 Å². The van der Waals surface area contributed by atoms with E-state index in [1.165, 1.54) is 0 Å². The van der Waals surface area contributed by atoms with E-state index in [-0.39, 0.29) is 0 Å². The number of hydrogen-bond donors (Lipinski definition) is 1. The van der Waals surface area contributed by atoms with Crippen molar-refractivity contribution in [3.05, 3.63) is 88.6 Å². The Kier molecular flexibility index (Phi) is 2.29. The number of hydrogen-bond acceptors (Lipinski definition) is 2. The van der Waals surface area contributed by atoms with Crippen LogP contribution in [-0.2, 0) is 5.60 Å². The van der Waals surface area contributed by atoms with Gasteiger partial charge in [-0.1, -0.05) is 42.5 Å². The van der Waals surface area contributed by atoms with Gasteiger partial charge in [0.05, 0.1) is 5.69 Å². The molecule has 4 rings (SSSR count). The van der Waals surface area contributed by atoms with E-state index in [1.54, 1.807) is 6.20 Å². The topological polar surface area (TPSA) is 33.1 Å². The molecule has 1 N–H and O–H groups in total. The molecule has 20 heavy (non-hydrogen) atoms. The summed E-state index contributed by atoms with van der Waals surface area (Å²) in [5, 5.41) is 13.4. The monoisotopic (exact) mass is 259 g/mol. The van der Waals surface area contributed by atoms with Gasteiger partial charge in [0.15, 0.2) is 5.60 Å². The Bertz CT molecular complexity index is 862. The van der Waals surface area contributed by atoms with Crippen LogP contribution < -0.4 is 10.4 Å². The summed E-state index contributed by atoms with van der Waals surface area (Å²) < 4.78 is 0. The predicted molar refractivity (Wildman–Crippen MR) is 78.9 cm³/mol. The lowest BCUT2D eigenvalue weighted by atomic mass is 9.82. The molecule has 0 aliphatic heterocycles. The Morgan fingerprint density at radius 3 is 2.70 bits per heavy atom. The largest absolute Gasteiger partial charge is 0.375 e. The van der Waals surface area contributed by atoms with Crippen molar-refractivity contribution in [3.63, 3.8) is 0 Å². The molecule has 1 aromatic heterocycles. The van der Waals surface area contributed by atoms with E-state index >= 15 is 0 Å². The summed E-state index contributed by atoms with van der Waals surface area (Å²) in [7, 11) is 0. The Balaban J connectivity index is 2.08. The SMILES string of the molecule is OC1(c2ccccn2)C=CC=C2C=c3ccccc3=C21. The fraction of sp³-hybridized carbons (Fsp3) is 0.0556. The first-order valence-corrected chi connectivity index (χ1v) is 6.64. The number of rotatable bonds is 1. The normalized spacial score (nSPS) is 22.9. The molecule has 0 saturated heterocycles. The van der Waals surface area contributed by atoms with E-state index < -0.39 is 5.60 Å². The van der Waals surface area contributed by atoms with Gasteiger partial charge in [-0.15, -0.1) is 0 Å². The van der Waals surface area contributed by atoms with E-state index in [4.69, 9.17) is 0 Å². The van der Waals surface area contributed by atoms with Crippen LogP contribution in [0.1, 0.15) is 5.69 Å². The third-order valence-electron chi connectivity index (χ3n) is 3.88. The van der Waals surface area contributed by atoms with E-state index in [9.17, 15) is 5.11 Å². The van der Waals surface area contributed by atoms with Crippen molar-refractivity contribution < 1.29 is 5.11 Å². The van der Waals surface area contributed by atoms with Gasteiger partial charge in [-0.2, -0.15) is 0 Å². The third kappa shape index (κ3) is 1.46. The van der Waals surface area contributed by atoms with Crippen LogP contribution in [0.25, 0.3) is 11.6 Å². The highest BCUT2D eigenvalue weighted by Gasteiger charge is 2.37. The van der Waals surface area contributed by atoms with Gasteiger partial charge < -0.3 is 5.11 Å². The minimum absolute atomic E-state index is 0.655. The Hall–Kier alpha value is -2.45. The van der Waals surface area contributed by atoms with Crippen molar-refractivity contribution in [1.29, 1.82) is 0 Å². The number of aliphatic hydroxyl groups is 1. The van der Waals surface area contributed by atoms with Gasteiger partial charge in [0.1, 0.15) is 0 Å². The zero-order chi connectivity index (χ0) is 13.6. The second-order valence-corrected chi connectivity index (χ2v) is 5.07. The van der Waals surface area contributed by atoms with Crippen LogP contribution in [0.5, 0.6) is 0 Å². The number of aromatic nitrogens is 1. The van der Waals surface area contributed by atoms with Crippen LogP contribution in [-0.4, -0.2) is 10.1 Å². The molecule has 0 bridgehead atoms. The first-order chi connectivity index (χ1) is 9.79. The molecule has 1 aromatic carbocycles. The molecule has 0 amide bonds. The lowest BCUT2D eigenvalue weighted by Gasteiger charge is -2.29. The number of fused-ring (bicyclic) bond motifs is 2. The highest BCUT2D eigenvalue weighted by Crippen LogP contribution is 2.38. The van der Waals surface area contributed by atoms with Crippen LogP contribution >= 0.6 is 0 Å². The summed E-state index contributed by atoms with van der Waals surface area (Å²) in [6, 6.07) is 13.8. The maximum Gasteiger partial charge on any atom is 0.151 e. The highest BCUT2D eigenvalue weighted by molar-refractivity contribution is 5.89. The summed E-state index contributed by atoms with van der Waals surface area (Å²) in [5.74, 6) is 0. The zero-order valence-electron chi connectivity index (χ0n) is 10.8. The molecule has 0 saturated carbocycles. The molecule has 0 spiro atoms. The Labute approximate surface area is 116 Å². The van der Waals surface area contributed by atoms with Gasteiger partial charge in [-0.25, -0.2) is 0 Å². The average molecular weight is 259 g/mol. The molecule has 2 aliphatic rings. The van der Waals surface area contributed by atoms with Gasteiger partial charge in [0, 0.05) is 11.8 Å². The Morgan fingerprint density at radius 2 is 1.85 bits per heavy atom. The van der Waals surface area contributed by atoms with Crippen molar-refractivity contribution in [2.45, 2.75) is 5.60 Å². The second-order valence-electron chi connectivity index (χ2n) is 5.07. The van der Waals surface area contributed by atoms with Crippen LogP contribution in [0, 0.1) is 0 Å². The third-order valence-corrected chi connectivity index (χ3v) is 3.88. The van der Waals surface area contributed by atoms with Crippen molar-refractivity contribution in [3.8, 4) is 0 Å². The minimum atomic E-state index is -1.16. The van der Waals surface area contributed by atoms with Crippen molar-refractivity contribution in [1.82, 2.24) is 4.98 Å². The average Bonchev–Trinajstić information content (AvgIpc) is 2.88. The van der Waals surface area contributed by atoms with Crippen molar-refractivity contribution >= 4 is 11.6 Å². The van der Waals surface area contributed by atoms with Gasteiger partial charge in [0.2, 0.25) is 0 Å². The van der Waals surface area contributed by atoms with E-state index in [0.29, 0.717) is 5.69 Å². The molecule has 96 valence electrons. The smallest absolute Gasteiger partial charge is 0.151 e. The van der Waals surface area contributed by atoms with Crippen molar-refractivity contribution in [2.75, 3.05) is 0 Å². The first-order valence-electron chi connectivity index (χ1n) is 6.64. The summed E-state index contributed by atoms with van der Waals surface area (Å²) >= 11 is 0. The predicted octanol–water partition coefficient (Wildman–Crippen LogP) is 1.41. The quantitative estimate of drug-likeness (QED) is 0.840. The van der Waals surface area contributed by atoms with Crippen LogP contribution in [0.2, 0.25) is 0 Å². The fourth-order valence-electron chi connectivity index (χ4n) is 2.98. The molecule has 1 atom stereocenters. The molecule has 0 radical (unpaired) electrons. The van der Waals surface area contributed by atoms with Gasteiger partial charge in [0.25, 0.3) is 0 Å². The van der Waals surface area contributed by atoms with Gasteiger partial charge in [-0.3, -0.25) is 4.98 Å². The van der Waals surface area contributed by atoms with Crippen LogP contribution in [0.3, 0.4) is 0 Å². The Morgan fingerprint density at radius 1 is 1.00 bits per heavy atom. The molecule has 2 aromatic rings. The molecule has 2 heteroatoms. The summed E-state index contributed by atoms with van der Waals surface area (Å²) in [6.45, 7) is 0. The summed E-state index contributed by atoms with van der Waals surface area (Å²) in [4.78, 5) is 4.34. The standard InChI is InChI=1S/C18H13NO/c20-18(16-9-3-4-11-19-16)10-5-7-14-12-13-6-1-2-8-15(13)17(14)18/h1-12,20H. The summed E-state index contributed by atoms with van der Waals surface area (Å²) in [6.07, 6.45) is 9.57. The molecule has 2 aliphatic carbocycles. The summed E-state index contributed by atoms with van der Waals surface area (Å²) in [5.41, 5.74) is 1.48. The van der Waals surface area contributed by atoms with E-state index in [0.717, 1.165) is 21.6 Å². The lowest BCUT2D eigenvalue weighted by Crippen LogP contribution is -2.34. The second kappa shape index (κ2) is 4.02. The molecule has 1 heterocycles. The number of benzene rings is 1. The number of nitrogens with zero attached hydrogens (tertiary/aromatic N) is 1. The number of allylic oxidation sites excluding steroid dienone is 2. The highest BCUT2D eigenvalue weighted by atomic mass is 16.3. The van der Waals surface area contributed by atoms with E-state index in [2.05, 4.69) is 23.2 Å². The molecular formula is C18H13NO. The van der Waals surface area contributed by atoms with Gasteiger partial charge >= 0.3 is 0 Å². The minimum Gasteiger partial charge on any atom is -0.375 e. The van der Waals surface area contributed by atoms with Crippen LogP contribution in [0.15, 0.2) is 72.5 Å². The molecule has 2 nitrogen and oxygen atoms in total. The number of pyridine rings is 1. The maximum atomic E-state index is 11.2. The van der Waals surface area contributed by atoms with Crippen molar-refractivity contribution in [2.24, 2.45) is 0 Å². The zero-order valence-corrected chi connectivity index (χ0v) is 10.8. The van der Waals surface area contributed by atoms with E-state index in [1.807, 2.05) is 48.6 Å². The fourth-order valence-corrected chi connectivity index (χ4v) is 2.98. The molecular weight excluding hydrogens is 246 g/mol. The lowest BCUT2D eigenvalue weighted by molar-refractivity contribution is 0.148. The van der Waals surface area contributed by atoms with Crippen LogP contribution in [0.4, 0.5) is 0 Å². The molecule has 1 unspecified atom stereocenters. The maximum absolute atomic E-state index is 11.2.